The molecule has 0 atom stereocenters. The van der Waals surface area contributed by atoms with Crippen LogP contribution in [0, 0.1) is 0 Å². The number of rotatable bonds is 5. The quantitative estimate of drug-likeness (QED) is 0.626. The van der Waals surface area contributed by atoms with E-state index in [0.717, 1.165) is 49.6 Å². The molecule has 128 valence electrons. The third kappa shape index (κ3) is 5.19. The summed E-state index contributed by atoms with van der Waals surface area (Å²) in [5.41, 5.74) is 1.08. The highest BCUT2D eigenvalue weighted by Crippen LogP contribution is 2.23. The van der Waals surface area contributed by atoms with E-state index in [2.05, 4.69) is 55.4 Å². The molecule has 1 aromatic rings. The van der Waals surface area contributed by atoms with Crippen LogP contribution in [0.1, 0.15) is 18.4 Å². The fourth-order valence-electron chi connectivity index (χ4n) is 2.76. The SMILES string of the molecule is CN=C(NCC1(OC)CCOCC1)N(C)Cc1ccc(Br)cc1. The molecule has 1 aromatic carbocycles. The van der Waals surface area contributed by atoms with Gasteiger partial charge in [-0.05, 0) is 17.7 Å². The third-order valence-corrected chi connectivity index (χ3v) is 4.84. The Balaban J connectivity index is 1.92. The summed E-state index contributed by atoms with van der Waals surface area (Å²) in [6, 6.07) is 8.34. The Morgan fingerprint density at radius 2 is 2.00 bits per heavy atom. The van der Waals surface area contributed by atoms with Gasteiger partial charge in [-0.25, -0.2) is 0 Å². The molecule has 0 radical (unpaired) electrons. The second-order valence-corrected chi connectivity index (χ2v) is 6.80. The van der Waals surface area contributed by atoms with Gasteiger partial charge in [-0.3, -0.25) is 4.99 Å². The predicted molar refractivity (Wildman–Crippen MR) is 96.8 cm³/mol. The van der Waals surface area contributed by atoms with E-state index >= 15 is 0 Å². The number of nitrogens with one attached hydrogen (secondary N) is 1. The van der Waals surface area contributed by atoms with E-state index in [1.807, 2.05) is 14.1 Å². The van der Waals surface area contributed by atoms with E-state index in [4.69, 9.17) is 9.47 Å². The first-order valence-corrected chi connectivity index (χ1v) is 8.67. The maximum atomic E-state index is 5.76. The van der Waals surface area contributed by atoms with Crippen LogP contribution in [0.5, 0.6) is 0 Å². The number of guanidine groups is 1. The van der Waals surface area contributed by atoms with Crippen LogP contribution in [0.25, 0.3) is 0 Å². The van der Waals surface area contributed by atoms with Crippen molar-refractivity contribution in [1.29, 1.82) is 0 Å². The Bertz CT molecular complexity index is 513. The molecule has 0 spiro atoms. The molecule has 0 aliphatic carbocycles. The van der Waals surface area contributed by atoms with Crippen molar-refractivity contribution in [2.45, 2.75) is 25.0 Å². The average molecular weight is 384 g/mol. The molecule has 0 unspecified atom stereocenters. The van der Waals surface area contributed by atoms with Crippen molar-refractivity contribution < 1.29 is 9.47 Å². The van der Waals surface area contributed by atoms with Crippen molar-refractivity contribution in [3.05, 3.63) is 34.3 Å². The molecule has 0 saturated carbocycles. The monoisotopic (exact) mass is 383 g/mol. The third-order valence-electron chi connectivity index (χ3n) is 4.31. The zero-order valence-electron chi connectivity index (χ0n) is 14.1. The minimum absolute atomic E-state index is 0.160. The number of nitrogens with zero attached hydrogens (tertiary/aromatic N) is 2. The first-order valence-electron chi connectivity index (χ1n) is 7.88. The van der Waals surface area contributed by atoms with E-state index in [0.29, 0.717) is 0 Å². The molecule has 2 rings (SSSR count). The fourth-order valence-corrected chi connectivity index (χ4v) is 3.02. The van der Waals surface area contributed by atoms with Gasteiger partial charge in [0.1, 0.15) is 0 Å². The van der Waals surface area contributed by atoms with Gasteiger partial charge in [0.05, 0.1) is 5.60 Å². The van der Waals surface area contributed by atoms with Crippen LogP contribution in [-0.4, -0.2) is 57.4 Å². The smallest absolute Gasteiger partial charge is 0.193 e. The summed E-state index contributed by atoms with van der Waals surface area (Å²) in [6.07, 6.45) is 1.81. The van der Waals surface area contributed by atoms with Crippen molar-refractivity contribution >= 4 is 21.9 Å². The van der Waals surface area contributed by atoms with Crippen LogP contribution in [0.3, 0.4) is 0 Å². The van der Waals surface area contributed by atoms with Gasteiger partial charge in [0.15, 0.2) is 5.96 Å². The molecule has 1 N–H and O–H groups in total. The molecule has 5 nitrogen and oxygen atoms in total. The van der Waals surface area contributed by atoms with Gasteiger partial charge in [-0.1, -0.05) is 28.1 Å². The summed E-state index contributed by atoms with van der Waals surface area (Å²) >= 11 is 3.46. The first kappa shape index (κ1) is 18.2. The van der Waals surface area contributed by atoms with E-state index in [1.165, 1.54) is 5.56 Å². The lowest BCUT2D eigenvalue weighted by molar-refractivity contribution is -0.0857. The largest absolute Gasteiger partial charge is 0.381 e. The van der Waals surface area contributed by atoms with Gasteiger partial charge in [0, 0.05) is 64.8 Å². The maximum absolute atomic E-state index is 5.76. The van der Waals surface area contributed by atoms with Gasteiger partial charge in [-0.15, -0.1) is 0 Å². The van der Waals surface area contributed by atoms with Crippen LogP contribution in [-0.2, 0) is 16.0 Å². The summed E-state index contributed by atoms with van der Waals surface area (Å²) in [6.45, 7) is 3.05. The second kappa shape index (κ2) is 8.66. The van der Waals surface area contributed by atoms with E-state index in [1.54, 1.807) is 7.11 Å². The molecule has 6 heteroatoms. The summed E-state index contributed by atoms with van der Waals surface area (Å²) in [7, 11) is 5.63. The number of hydrogen-bond donors (Lipinski definition) is 1. The topological polar surface area (TPSA) is 46.1 Å². The number of ether oxygens (including phenoxy) is 2. The van der Waals surface area contributed by atoms with Gasteiger partial charge in [-0.2, -0.15) is 0 Å². The summed E-state index contributed by atoms with van der Waals surface area (Å²) in [4.78, 5) is 6.50. The zero-order chi connectivity index (χ0) is 16.7. The van der Waals surface area contributed by atoms with Crippen LogP contribution < -0.4 is 5.32 Å². The highest BCUT2D eigenvalue weighted by molar-refractivity contribution is 9.10. The minimum atomic E-state index is -0.160. The van der Waals surface area contributed by atoms with Gasteiger partial charge in [0.25, 0.3) is 0 Å². The van der Waals surface area contributed by atoms with Crippen molar-refractivity contribution in [2.24, 2.45) is 4.99 Å². The molecular formula is C17H26BrN3O2. The van der Waals surface area contributed by atoms with Crippen LogP contribution in [0.4, 0.5) is 0 Å². The molecule has 1 aliphatic heterocycles. The molecule has 23 heavy (non-hydrogen) atoms. The molecule has 0 amide bonds. The van der Waals surface area contributed by atoms with Crippen LogP contribution in [0.2, 0.25) is 0 Å². The lowest BCUT2D eigenvalue weighted by Crippen LogP contribution is -2.50. The second-order valence-electron chi connectivity index (χ2n) is 5.88. The Labute approximate surface area is 147 Å². The highest BCUT2D eigenvalue weighted by Gasteiger charge is 2.32. The number of aliphatic imine (C=N–C) groups is 1. The number of halogens is 1. The first-order chi connectivity index (χ1) is 11.1. The molecule has 0 bridgehead atoms. The molecule has 1 heterocycles. The van der Waals surface area contributed by atoms with Crippen LogP contribution >= 0.6 is 15.9 Å². The Kier molecular flexibility index (Phi) is 6.87. The number of methoxy groups -OCH3 is 1. The maximum Gasteiger partial charge on any atom is 0.193 e. The normalized spacial score (nSPS) is 17.8. The van der Waals surface area contributed by atoms with E-state index in [9.17, 15) is 0 Å². The standard InChI is InChI=1S/C17H26BrN3O2/c1-19-16(20-13-17(22-3)8-10-23-11-9-17)21(2)12-14-4-6-15(18)7-5-14/h4-7H,8-13H2,1-3H3,(H,19,20). The van der Waals surface area contributed by atoms with E-state index < -0.39 is 0 Å². The van der Waals surface area contributed by atoms with Crippen molar-refractivity contribution in [1.82, 2.24) is 10.2 Å². The Morgan fingerprint density at radius 3 is 2.57 bits per heavy atom. The average Bonchev–Trinajstić information content (AvgIpc) is 2.58. The Hall–Kier alpha value is -1.11. The molecule has 1 aliphatic rings. The van der Waals surface area contributed by atoms with Crippen LogP contribution in [0.15, 0.2) is 33.7 Å². The van der Waals surface area contributed by atoms with Crippen molar-refractivity contribution in [3.8, 4) is 0 Å². The number of hydrogen-bond acceptors (Lipinski definition) is 3. The fraction of sp³-hybridized carbons (Fsp3) is 0.588. The minimum Gasteiger partial charge on any atom is -0.381 e. The summed E-state index contributed by atoms with van der Waals surface area (Å²) in [5.74, 6) is 0.871. The summed E-state index contributed by atoms with van der Waals surface area (Å²) in [5, 5.41) is 3.45. The van der Waals surface area contributed by atoms with Gasteiger partial charge < -0.3 is 19.7 Å². The lowest BCUT2D eigenvalue weighted by atomic mass is 9.94. The van der Waals surface area contributed by atoms with Crippen molar-refractivity contribution in [3.63, 3.8) is 0 Å². The molecule has 0 aromatic heterocycles. The molecular weight excluding hydrogens is 358 g/mol. The highest BCUT2D eigenvalue weighted by atomic mass is 79.9. The van der Waals surface area contributed by atoms with E-state index in [-0.39, 0.29) is 5.60 Å². The van der Waals surface area contributed by atoms with Gasteiger partial charge in [0.2, 0.25) is 0 Å². The number of benzene rings is 1. The van der Waals surface area contributed by atoms with Crippen molar-refractivity contribution in [2.75, 3.05) is 41.0 Å². The summed E-state index contributed by atoms with van der Waals surface area (Å²) < 4.78 is 12.3. The predicted octanol–water partition coefficient (Wildman–Crippen LogP) is 2.65. The molecule has 1 fully saturated rings. The molecule has 1 saturated heterocycles. The lowest BCUT2D eigenvalue weighted by Gasteiger charge is -2.37. The zero-order valence-corrected chi connectivity index (χ0v) is 15.7. The Morgan fingerprint density at radius 1 is 1.35 bits per heavy atom. The van der Waals surface area contributed by atoms with Gasteiger partial charge >= 0.3 is 0 Å².